The van der Waals surface area contributed by atoms with Crippen LogP contribution in [0.3, 0.4) is 0 Å². The van der Waals surface area contributed by atoms with Crippen LogP contribution in [-0.4, -0.2) is 11.7 Å². The van der Waals surface area contributed by atoms with E-state index in [1.165, 1.54) is 5.56 Å². The molecule has 0 aliphatic carbocycles. The van der Waals surface area contributed by atoms with E-state index in [0.29, 0.717) is 11.0 Å². The summed E-state index contributed by atoms with van der Waals surface area (Å²) in [6.45, 7) is 4.14. The number of aryl methyl sites for hydroxylation is 1. The Kier molecular flexibility index (Phi) is 5.88. The summed E-state index contributed by atoms with van der Waals surface area (Å²) in [4.78, 5) is 12.0. The molecule has 0 saturated heterocycles. The Labute approximate surface area is 138 Å². The lowest BCUT2D eigenvalue weighted by Crippen LogP contribution is -2.15. The molecular formula is C17H18BrNOS. The molecule has 1 N–H and O–H groups in total. The Morgan fingerprint density at radius 1 is 1.24 bits per heavy atom. The molecule has 0 unspecified atom stereocenters. The lowest BCUT2D eigenvalue weighted by molar-refractivity contribution is -0.113. The van der Waals surface area contributed by atoms with Crippen LogP contribution >= 0.6 is 27.7 Å². The molecule has 21 heavy (non-hydrogen) atoms. The van der Waals surface area contributed by atoms with Crippen molar-refractivity contribution in [3.63, 3.8) is 0 Å². The summed E-state index contributed by atoms with van der Waals surface area (Å²) in [6, 6.07) is 16.1. The number of rotatable bonds is 5. The van der Waals surface area contributed by atoms with Crippen molar-refractivity contribution in [1.29, 1.82) is 0 Å². The molecule has 1 atom stereocenters. The van der Waals surface area contributed by atoms with Gasteiger partial charge in [-0.15, -0.1) is 11.8 Å². The topological polar surface area (TPSA) is 29.1 Å². The number of amides is 1. The van der Waals surface area contributed by atoms with E-state index in [1.807, 2.05) is 43.3 Å². The van der Waals surface area contributed by atoms with E-state index in [9.17, 15) is 4.79 Å². The largest absolute Gasteiger partial charge is 0.324 e. The fraction of sp³-hybridized carbons (Fsp3) is 0.235. The average molecular weight is 364 g/mol. The van der Waals surface area contributed by atoms with Crippen LogP contribution in [0, 0.1) is 6.92 Å². The maximum atomic E-state index is 12.0. The molecule has 0 aliphatic rings. The molecule has 4 heteroatoms. The van der Waals surface area contributed by atoms with Crippen LogP contribution < -0.4 is 5.32 Å². The second-order valence-corrected chi connectivity index (χ2v) is 7.08. The standard InChI is InChI=1S/C17H18BrNOS/c1-12-8-9-16(15(18)10-12)19-17(20)11-21-13(2)14-6-4-3-5-7-14/h3-10,13H,11H2,1-2H3,(H,19,20)/t13-/m1/s1. The zero-order valence-electron chi connectivity index (χ0n) is 12.1. The fourth-order valence-electron chi connectivity index (χ4n) is 1.93. The van der Waals surface area contributed by atoms with Gasteiger partial charge in [-0.2, -0.15) is 0 Å². The van der Waals surface area contributed by atoms with Crippen LogP contribution in [0.15, 0.2) is 53.0 Å². The van der Waals surface area contributed by atoms with Gasteiger partial charge in [0.25, 0.3) is 0 Å². The molecule has 2 nitrogen and oxygen atoms in total. The van der Waals surface area contributed by atoms with Gasteiger partial charge in [-0.1, -0.05) is 36.4 Å². The van der Waals surface area contributed by atoms with Gasteiger partial charge < -0.3 is 5.32 Å². The summed E-state index contributed by atoms with van der Waals surface area (Å²) in [5.74, 6) is 0.462. The van der Waals surface area contributed by atoms with Crippen molar-refractivity contribution < 1.29 is 4.79 Å². The highest BCUT2D eigenvalue weighted by Gasteiger charge is 2.10. The second kappa shape index (κ2) is 7.66. The summed E-state index contributed by atoms with van der Waals surface area (Å²) in [6.07, 6.45) is 0. The molecule has 0 spiro atoms. The maximum absolute atomic E-state index is 12.0. The number of carbonyl (C=O) groups is 1. The van der Waals surface area contributed by atoms with E-state index < -0.39 is 0 Å². The third-order valence-corrected chi connectivity index (χ3v) is 4.99. The van der Waals surface area contributed by atoms with Gasteiger partial charge in [0.1, 0.15) is 0 Å². The molecule has 2 aromatic rings. The van der Waals surface area contributed by atoms with Crippen LogP contribution in [0.1, 0.15) is 23.3 Å². The molecular weight excluding hydrogens is 346 g/mol. The number of benzene rings is 2. The van der Waals surface area contributed by atoms with Crippen molar-refractivity contribution in [2.45, 2.75) is 19.1 Å². The summed E-state index contributed by atoms with van der Waals surface area (Å²) in [5, 5.41) is 3.24. The number of halogens is 1. The Hall–Kier alpha value is -1.26. The van der Waals surface area contributed by atoms with Gasteiger partial charge >= 0.3 is 0 Å². The van der Waals surface area contributed by atoms with E-state index in [-0.39, 0.29) is 5.91 Å². The molecule has 0 aliphatic heterocycles. The lowest BCUT2D eigenvalue weighted by atomic mass is 10.2. The highest BCUT2D eigenvalue weighted by molar-refractivity contribution is 9.10. The zero-order chi connectivity index (χ0) is 15.2. The first-order valence-electron chi connectivity index (χ1n) is 6.79. The number of nitrogens with one attached hydrogen (secondary N) is 1. The Balaban J connectivity index is 1.87. The SMILES string of the molecule is Cc1ccc(NC(=O)CS[C@H](C)c2ccccc2)c(Br)c1. The highest BCUT2D eigenvalue weighted by Crippen LogP contribution is 2.28. The predicted molar refractivity (Wildman–Crippen MR) is 94.8 cm³/mol. The van der Waals surface area contributed by atoms with Gasteiger partial charge in [0.15, 0.2) is 0 Å². The molecule has 1 amide bonds. The summed E-state index contributed by atoms with van der Waals surface area (Å²) in [7, 11) is 0. The summed E-state index contributed by atoms with van der Waals surface area (Å²) < 4.78 is 0.914. The molecule has 0 heterocycles. The van der Waals surface area contributed by atoms with Gasteiger partial charge in [-0.25, -0.2) is 0 Å². The van der Waals surface area contributed by atoms with Crippen LogP contribution in [0.5, 0.6) is 0 Å². The Morgan fingerprint density at radius 3 is 2.62 bits per heavy atom. The normalized spacial score (nSPS) is 12.0. The van der Waals surface area contributed by atoms with E-state index in [4.69, 9.17) is 0 Å². The maximum Gasteiger partial charge on any atom is 0.234 e. The molecule has 0 fully saturated rings. The predicted octanol–water partition coefficient (Wildman–Crippen LogP) is 5.19. The number of hydrogen-bond donors (Lipinski definition) is 1. The third kappa shape index (κ3) is 4.90. The molecule has 0 bridgehead atoms. The quantitative estimate of drug-likeness (QED) is 0.791. The van der Waals surface area contributed by atoms with Crippen molar-refractivity contribution in [2.75, 3.05) is 11.1 Å². The monoisotopic (exact) mass is 363 g/mol. The van der Waals surface area contributed by atoms with E-state index in [0.717, 1.165) is 15.7 Å². The molecule has 2 rings (SSSR count). The Morgan fingerprint density at radius 2 is 1.95 bits per heavy atom. The first-order chi connectivity index (χ1) is 10.1. The van der Waals surface area contributed by atoms with E-state index >= 15 is 0 Å². The number of hydrogen-bond acceptors (Lipinski definition) is 2. The van der Waals surface area contributed by atoms with Crippen molar-refractivity contribution in [2.24, 2.45) is 0 Å². The van der Waals surface area contributed by atoms with Gasteiger partial charge in [0.2, 0.25) is 5.91 Å². The molecule has 0 saturated carbocycles. The Bertz CT molecular complexity index is 615. The second-order valence-electron chi connectivity index (χ2n) is 4.90. The highest BCUT2D eigenvalue weighted by atomic mass is 79.9. The zero-order valence-corrected chi connectivity index (χ0v) is 14.5. The van der Waals surface area contributed by atoms with E-state index in [1.54, 1.807) is 11.8 Å². The minimum Gasteiger partial charge on any atom is -0.324 e. The average Bonchev–Trinajstić information content (AvgIpc) is 2.48. The molecule has 0 radical (unpaired) electrons. The van der Waals surface area contributed by atoms with Gasteiger partial charge in [-0.05, 0) is 53.0 Å². The van der Waals surface area contributed by atoms with Crippen molar-refractivity contribution in [3.05, 3.63) is 64.1 Å². The van der Waals surface area contributed by atoms with Crippen LogP contribution in [0.2, 0.25) is 0 Å². The first-order valence-corrected chi connectivity index (χ1v) is 8.63. The minimum atomic E-state index is 0.0207. The van der Waals surface area contributed by atoms with Crippen molar-refractivity contribution in [1.82, 2.24) is 0 Å². The van der Waals surface area contributed by atoms with Gasteiger partial charge in [-0.3, -0.25) is 4.79 Å². The van der Waals surface area contributed by atoms with Crippen molar-refractivity contribution in [3.8, 4) is 0 Å². The molecule has 0 aromatic heterocycles. The number of carbonyl (C=O) groups excluding carboxylic acids is 1. The number of anilines is 1. The summed E-state index contributed by atoms with van der Waals surface area (Å²) >= 11 is 5.11. The first kappa shape index (κ1) is 16.1. The number of thioether (sulfide) groups is 1. The fourth-order valence-corrected chi connectivity index (χ4v) is 3.34. The minimum absolute atomic E-state index is 0.0207. The van der Waals surface area contributed by atoms with Crippen LogP contribution in [-0.2, 0) is 4.79 Å². The van der Waals surface area contributed by atoms with Crippen molar-refractivity contribution >= 4 is 39.3 Å². The summed E-state index contributed by atoms with van der Waals surface area (Å²) in [5.41, 5.74) is 3.22. The van der Waals surface area contributed by atoms with Crippen LogP contribution in [0.4, 0.5) is 5.69 Å². The molecule has 2 aromatic carbocycles. The third-order valence-electron chi connectivity index (χ3n) is 3.13. The van der Waals surface area contributed by atoms with Crippen LogP contribution in [0.25, 0.3) is 0 Å². The van der Waals surface area contributed by atoms with Gasteiger partial charge in [0.05, 0.1) is 11.4 Å². The molecule has 110 valence electrons. The lowest BCUT2D eigenvalue weighted by Gasteiger charge is -2.12. The smallest absolute Gasteiger partial charge is 0.234 e. The van der Waals surface area contributed by atoms with Gasteiger partial charge in [0, 0.05) is 9.72 Å². The van der Waals surface area contributed by atoms with E-state index in [2.05, 4.69) is 40.3 Å².